The Labute approximate surface area is 423 Å². The number of pyridine rings is 1. The molecule has 2 amide bonds. The molecule has 1 saturated heterocycles. The maximum absolute atomic E-state index is 14.7. The molecule has 1 aliphatic rings. The van der Waals surface area contributed by atoms with Crippen LogP contribution in [0.5, 0.6) is 5.75 Å². The largest absolute Gasteiger partial charge is 0.467 e. The lowest BCUT2D eigenvalue weighted by Crippen LogP contribution is -2.59. The summed E-state index contributed by atoms with van der Waals surface area (Å²) in [6.07, 6.45) is 5.73. The Balaban J connectivity index is 1.65. The molecule has 2 aromatic heterocycles. The van der Waals surface area contributed by atoms with Gasteiger partial charge in [-0.2, -0.15) is 0 Å². The van der Waals surface area contributed by atoms with Gasteiger partial charge in [-0.05, 0) is 131 Å². The summed E-state index contributed by atoms with van der Waals surface area (Å²) in [7, 11) is 5.61. The summed E-state index contributed by atoms with van der Waals surface area (Å²) < 4.78 is 20.1. The van der Waals surface area contributed by atoms with Crippen LogP contribution >= 0.6 is 0 Å². The standard InChI is InChI=1S/C57H83N7O7/c1-15-61(12)34-41(35-65)23-27-62(13)52(38(3)4)54(67)60-49(55(68)64-26-18-17-25-59-64)30-42-28-44(31-45(29-42)71-40(6)56(7,8)9)43-21-22-50-47(32-43)48(33-57(10,11)36-70-37-66)53(63(50)16-2)46-20-19-24-58-51(46)39(5)69-14/h19-22,24,28-29,31-32,35,37-39,41,49,52,59H,6,15-18,23,25-27,30,33-34,36H2,1-5,7-14H3,(H,60,67). The molecule has 388 valence electrons. The fraction of sp³-hybridized carbons (Fsp3) is 0.561. The lowest BCUT2D eigenvalue weighted by atomic mass is 9.84. The number of aromatic nitrogens is 2. The number of aldehydes is 1. The molecule has 4 atom stereocenters. The topological polar surface area (TPSA) is 148 Å². The number of fused-ring (bicyclic) bond motifs is 1. The zero-order valence-corrected chi connectivity index (χ0v) is 45.0. The molecular weight excluding hydrogens is 895 g/mol. The Morgan fingerprint density at radius 3 is 2.37 bits per heavy atom. The number of hydrogen-bond donors (Lipinski definition) is 2. The van der Waals surface area contributed by atoms with E-state index in [0.29, 0.717) is 63.5 Å². The lowest BCUT2D eigenvalue weighted by molar-refractivity contribution is -0.141. The van der Waals surface area contributed by atoms with Gasteiger partial charge in [0.05, 0.1) is 30.1 Å². The molecule has 0 radical (unpaired) electrons. The highest BCUT2D eigenvalue weighted by Crippen LogP contribution is 2.42. The van der Waals surface area contributed by atoms with Crippen LogP contribution in [0.4, 0.5) is 0 Å². The Morgan fingerprint density at radius 1 is 1.00 bits per heavy atom. The zero-order valence-electron chi connectivity index (χ0n) is 45.0. The summed E-state index contributed by atoms with van der Waals surface area (Å²) in [4.78, 5) is 61.8. The van der Waals surface area contributed by atoms with E-state index in [1.807, 2.05) is 58.0 Å². The minimum atomic E-state index is -0.910. The van der Waals surface area contributed by atoms with Crippen molar-refractivity contribution in [3.8, 4) is 28.1 Å². The van der Waals surface area contributed by atoms with E-state index in [9.17, 15) is 19.2 Å². The van der Waals surface area contributed by atoms with Crippen LogP contribution in [0.15, 0.2) is 67.1 Å². The van der Waals surface area contributed by atoms with Gasteiger partial charge in [0.15, 0.2) is 0 Å². The molecule has 71 heavy (non-hydrogen) atoms. The van der Waals surface area contributed by atoms with Crippen LogP contribution in [-0.4, -0.2) is 122 Å². The van der Waals surface area contributed by atoms with Crippen molar-refractivity contribution in [2.45, 2.75) is 126 Å². The monoisotopic (exact) mass is 978 g/mol. The van der Waals surface area contributed by atoms with Crippen LogP contribution in [0.2, 0.25) is 0 Å². The third-order valence-corrected chi connectivity index (χ3v) is 13.8. The van der Waals surface area contributed by atoms with E-state index in [1.54, 1.807) is 18.3 Å². The average molecular weight is 978 g/mol. The number of carbonyl (C=O) groups excluding carboxylic acids is 4. The van der Waals surface area contributed by atoms with Gasteiger partial charge in [0.1, 0.15) is 23.8 Å². The number of carbonyl (C=O) groups is 4. The SMILES string of the molecule is C=C(Oc1cc(CC(NC(=O)C(C(C)C)N(C)CCC(C=O)CN(C)CC)C(=O)N2CCCCN2)cc(-c2ccc3c(c2)c(CC(C)(C)COC=O)c(-c2cccnc2C(C)OC)n3CC)c1)C(C)(C)C. The Hall–Kier alpha value is -5.41. The van der Waals surface area contributed by atoms with Crippen LogP contribution in [0.1, 0.15) is 111 Å². The minimum Gasteiger partial charge on any atom is -0.467 e. The number of rotatable bonds is 26. The maximum atomic E-state index is 14.7. The summed E-state index contributed by atoms with van der Waals surface area (Å²) in [5.41, 5.74) is 10.0. The molecule has 5 rings (SSSR count). The second-order valence-corrected chi connectivity index (χ2v) is 21.6. The Kier molecular flexibility index (Phi) is 20.1. The number of benzene rings is 2. The number of hydrogen-bond acceptors (Lipinski definition) is 11. The Morgan fingerprint density at radius 2 is 1.75 bits per heavy atom. The summed E-state index contributed by atoms with van der Waals surface area (Å²) in [5, 5.41) is 5.93. The smallest absolute Gasteiger partial charge is 0.293 e. The number of nitrogens with zero attached hydrogens (tertiary/aromatic N) is 5. The van der Waals surface area contributed by atoms with E-state index in [1.165, 1.54) is 0 Å². The zero-order chi connectivity index (χ0) is 52.2. The molecule has 4 aromatic rings. The predicted octanol–water partition coefficient (Wildman–Crippen LogP) is 9.05. The molecule has 0 saturated carbocycles. The first-order chi connectivity index (χ1) is 33.7. The van der Waals surface area contributed by atoms with Crippen molar-refractivity contribution in [1.82, 2.24) is 35.1 Å². The quantitative estimate of drug-likeness (QED) is 0.0459. The Bertz CT molecular complexity index is 2450. The van der Waals surface area contributed by atoms with E-state index in [2.05, 4.69) is 106 Å². The molecule has 14 nitrogen and oxygen atoms in total. The second kappa shape index (κ2) is 25.3. The van der Waals surface area contributed by atoms with Gasteiger partial charge in [-0.15, -0.1) is 0 Å². The fourth-order valence-corrected chi connectivity index (χ4v) is 9.57. The van der Waals surface area contributed by atoms with Crippen molar-refractivity contribution < 1.29 is 33.4 Å². The second-order valence-electron chi connectivity index (χ2n) is 21.6. The van der Waals surface area contributed by atoms with Gasteiger partial charge in [-0.25, -0.2) is 5.43 Å². The third kappa shape index (κ3) is 14.6. The summed E-state index contributed by atoms with van der Waals surface area (Å²) in [5.74, 6) is 0.453. The van der Waals surface area contributed by atoms with Crippen LogP contribution in [0, 0.1) is 22.7 Å². The van der Waals surface area contributed by atoms with Crippen molar-refractivity contribution in [1.29, 1.82) is 0 Å². The number of nitrogens with one attached hydrogen (secondary N) is 2. The number of likely N-dealkylation sites (N-methyl/N-ethyl adjacent to an activating group) is 1. The maximum Gasteiger partial charge on any atom is 0.293 e. The summed E-state index contributed by atoms with van der Waals surface area (Å²) >= 11 is 0. The summed E-state index contributed by atoms with van der Waals surface area (Å²) in [6.45, 7) is 29.5. The molecule has 0 bridgehead atoms. The van der Waals surface area contributed by atoms with E-state index in [0.717, 1.165) is 75.8 Å². The van der Waals surface area contributed by atoms with E-state index >= 15 is 0 Å². The third-order valence-electron chi connectivity index (χ3n) is 13.8. The fourth-order valence-electron chi connectivity index (χ4n) is 9.57. The van der Waals surface area contributed by atoms with Crippen molar-refractivity contribution in [2.24, 2.45) is 22.7 Å². The molecule has 1 fully saturated rings. The molecule has 1 aliphatic heterocycles. The molecule has 2 N–H and O–H groups in total. The molecule has 14 heteroatoms. The minimum absolute atomic E-state index is 0.0808. The highest BCUT2D eigenvalue weighted by Gasteiger charge is 2.34. The van der Waals surface area contributed by atoms with E-state index in [4.69, 9.17) is 19.2 Å². The van der Waals surface area contributed by atoms with Crippen molar-refractivity contribution in [3.05, 3.63) is 83.9 Å². The van der Waals surface area contributed by atoms with Crippen molar-refractivity contribution >= 4 is 35.5 Å². The molecular formula is C57H83N7O7. The molecule has 4 unspecified atom stereocenters. The van der Waals surface area contributed by atoms with Gasteiger partial charge in [-0.1, -0.05) is 74.1 Å². The number of allylic oxidation sites excluding steroid dienone is 1. The molecule has 2 aromatic carbocycles. The summed E-state index contributed by atoms with van der Waals surface area (Å²) in [6, 6.07) is 15.1. The lowest BCUT2D eigenvalue weighted by Gasteiger charge is -2.34. The van der Waals surface area contributed by atoms with Crippen molar-refractivity contribution in [3.63, 3.8) is 0 Å². The molecule has 3 heterocycles. The average Bonchev–Trinajstić information content (AvgIpc) is 3.64. The van der Waals surface area contributed by atoms with Crippen LogP contribution < -0.4 is 15.5 Å². The van der Waals surface area contributed by atoms with E-state index < -0.39 is 17.5 Å². The first kappa shape index (κ1) is 56.5. The van der Waals surface area contributed by atoms with Gasteiger partial charge in [-0.3, -0.25) is 29.3 Å². The van der Waals surface area contributed by atoms with Crippen LogP contribution in [0.25, 0.3) is 33.3 Å². The number of methoxy groups -OCH3 is 1. The number of ether oxygens (including phenoxy) is 3. The number of aryl methyl sites for hydroxylation is 1. The first-order valence-electron chi connectivity index (χ1n) is 25.6. The first-order valence-corrected chi connectivity index (χ1v) is 25.6. The molecule has 0 aliphatic carbocycles. The number of amides is 2. The van der Waals surface area contributed by atoms with E-state index in [-0.39, 0.29) is 48.2 Å². The normalized spacial score (nSPS) is 15.2. The number of hydrazine groups is 1. The van der Waals surface area contributed by atoms with Gasteiger partial charge in [0, 0.05) is 79.1 Å². The van der Waals surface area contributed by atoms with Crippen molar-refractivity contribution in [2.75, 3.05) is 60.5 Å². The highest BCUT2D eigenvalue weighted by atomic mass is 16.5. The van der Waals surface area contributed by atoms with Gasteiger partial charge in [0.2, 0.25) is 5.91 Å². The van der Waals surface area contributed by atoms with Crippen LogP contribution in [0.3, 0.4) is 0 Å². The van der Waals surface area contributed by atoms with Crippen LogP contribution in [-0.2, 0) is 48.0 Å². The highest BCUT2D eigenvalue weighted by molar-refractivity contribution is 5.95. The molecule has 0 spiro atoms. The predicted molar refractivity (Wildman–Crippen MR) is 284 cm³/mol. The van der Waals surface area contributed by atoms with Gasteiger partial charge in [0.25, 0.3) is 12.4 Å². The van der Waals surface area contributed by atoms with Gasteiger partial charge >= 0.3 is 0 Å². The van der Waals surface area contributed by atoms with Gasteiger partial charge < -0.3 is 33.8 Å².